The maximum atomic E-state index is 12.0. The molecular formula is C27H31N3O8. The van der Waals surface area contributed by atoms with E-state index in [4.69, 9.17) is 0 Å². The highest BCUT2D eigenvalue weighted by molar-refractivity contribution is 5.81. The van der Waals surface area contributed by atoms with Gasteiger partial charge in [-0.2, -0.15) is 0 Å². The number of pyridine rings is 1. The van der Waals surface area contributed by atoms with E-state index < -0.39 is 60.1 Å². The lowest BCUT2D eigenvalue weighted by Gasteiger charge is -2.37. The highest BCUT2D eigenvalue weighted by Gasteiger charge is 2.39. The molecule has 6 unspecified atom stereocenters. The number of carboxylic acid groups (broad SMARTS) is 4. The number of hydrogen-bond acceptors (Lipinski definition) is 7. The van der Waals surface area contributed by atoms with Crippen LogP contribution in [0.4, 0.5) is 0 Å². The minimum Gasteiger partial charge on any atom is -0.480 e. The summed E-state index contributed by atoms with van der Waals surface area (Å²) in [5, 5.41) is 39.0. The van der Waals surface area contributed by atoms with Crippen molar-refractivity contribution in [2.24, 2.45) is 0 Å². The summed E-state index contributed by atoms with van der Waals surface area (Å²) in [5.74, 6) is -5.51. The van der Waals surface area contributed by atoms with Gasteiger partial charge in [-0.3, -0.25) is 34.0 Å². The first kappa shape index (κ1) is 31.4. The molecule has 38 heavy (non-hydrogen) atoms. The number of hydrogen-bond donors (Lipinski definition) is 4. The van der Waals surface area contributed by atoms with Crippen molar-refractivity contribution >= 4 is 23.9 Å². The summed E-state index contributed by atoms with van der Waals surface area (Å²) >= 11 is 0. The van der Waals surface area contributed by atoms with Gasteiger partial charge in [0.25, 0.3) is 0 Å². The molecule has 0 saturated carbocycles. The third-order valence-corrected chi connectivity index (χ3v) is 5.68. The van der Waals surface area contributed by atoms with Crippen molar-refractivity contribution in [3.8, 4) is 0 Å². The average Bonchev–Trinajstić information content (AvgIpc) is 2.85. The van der Waals surface area contributed by atoms with Crippen LogP contribution in [0.3, 0.4) is 0 Å². The van der Waals surface area contributed by atoms with Gasteiger partial charge in [-0.25, -0.2) is 0 Å². The summed E-state index contributed by atoms with van der Waals surface area (Å²) in [4.78, 5) is 54.6. The summed E-state index contributed by atoms with van der Waals surface area (Å²) in [6.45, 7) is 21.5. The van der Waals surface area contributed by atoms with Gasteiger partial charge in [-0.05, 0) is 12.1 Å². The van der Waals surface area contributed by atoms with E-state index in [0.717, 1.165) is 34.1 Å². The van der Waals surface area contributed by atoms with Crippen LogP contribution in [-0.2, 0) is 19.2 Å². The third kappa shape index (κ3) is 6.78. The van der Waals surface area contributed by atoms with Crippen molar-refractivity contribution in [2.75, 3.05) is 0 Å². The average molecular weight is 526 g/mol. The molecule has 11 nitrogen and oxygen atoms in total. The third-order valence-electron chi connectivity index (χ3n) is 5.68. The maximum Gasteiger partial charge on any atom is 0.324 e. The van der Waals surface area contributed by atoms with E-state index in [0.29, 0.717) is 0 Å². The van der Waals surface area contributed by atoms with Crippen LogP contribution in [0.2, 0.25) is 0 Å². The number of nitrogens with zero attached hydrogens (tertiary/aromatic N) is 3. The van der Waals surface area contributed by atoms with Crippen LogP contribution in [0.25, 0.3) is 0 Å². The Labute approximate surface area is 220 Å². The Bertz CT molecular complexity index is 996. The largest absolute Gasteiger partial charge is 0.480 e. The normalized spacial score (nSPS) is 15.6. The first-order valence-electron chi connectivity index (χ1n) is 11.1. The van der Waals surface area contributed by atoms with Crippen LogP contribution in [0.15, 0.2) is 94.1 Å². The van der Waals surface area contributed by atoms with Gasteiger partial charge in [0.05, 0.1) is 23.5 Å². The van der Waals surface area contributed by atoms with Crippen molar-refractivity contribution in [2.45, 2.75) is 36.3 Å². The highest BCUT2D eigenvalue weighted by atomic mass is 16.4. The van der Waals surface area contributed by atoms with Gasteiger partial charge >= 0.3 is 23.9 Å². The molecular weight excluding hydrogens is 494 g/mol. The molecule has 1 heterocycles. The molecule has 0 amide bonds. The van der Waals surface area contributed by atoms with Crippen LogP contribution < -0.4 is 0 Å². The van der Waals surface area contributed by atoms with E-state index in [9.17, 15) is 39.6 Å². The first-order valence-corrected chi connectivity index (χ1v) is 11.1. The Morgan fingerprint density at radius 1 is 0.579 bits per heavy atom. The van der Waals surface area contributed by atoms with E-state index >= 15 is 0 Å². The fourth-order valence-corrected chi connectivity index (χ4v) is 4.03. The van der Waals surface area contributed by atoms with Gasteiger partial charge in [0.1, 0.15) is 24.2 Å². The van der Waals surface area contributed by atoms with Crippen molar-refractivity contribution in [3.05, 3.63) is 106 Å². The van der Waals surface area contributed by atoms with Gasteiger partial charge < -0.3 is 20.4 Å². The van der Waals surface area contributed by atoms with Crippen LogP contribution in [-0.4, -0.2) is 83.3 Å². The summed E-state index contributed by atoms with van der Waals surface area (Å²) in [6.07, 6.45) is 6.80. The van der Waals surface area contributed by atoms with Gasteiger partial charge in [-0.1, -0.05) is 42.5 Å². The highest BCUT2D eigenvalue weighted by Crippen LogP contribution is 2.31. The summed E-state index contributed by atoms with van der Waals surface area (Å²) in [5.41, 5.74) is 0.280. The van der Waals surface area contributed by atoms with E-state index in [1.54, 1.807) is 0 Å². The first-order chi connectivity index (χ1) is 17.9. The number of carbonyl (C=O) groups is 4. The van der Waals surface area contributed by atoms with Crippen molar-refractivity contribution in [3.63, 3.8) is 0 Å². The van der Waals surface area contributed by atoms with Crippen molar-refractivity contribution < 1.29 is 39.6 Å². The maximum absolute atomic E-state index is 12.0. The zero-order valence-electron chi connectivity index (χ0n) is 20.7. The zero-order valence-corrected chi connectivity index (χ0v) is 20.7. The minimum atomic E-state index is -1.48. The fraction of sp³-hybridized carbons (Fsp3) is 0.222. The van der Waals surface area contributed by atoms with Crippen molar-refractivity contribution in [1.82, 2.24) is 14.8 Å². The smallest absolute Gasteiger partial charge is 0.324 e. The molecule has 11 heteroatoms. The van der Waals surface area contributed by atoms with Crippen LogP contribution >= 0.6 is 0 Å². The predicted molar refractivity (Wildman–Crippen MR) is 140 cm³/mol. The molecule has 1 aromatic rings. The number of carboxylic acids is 4. The Kier molecular flexibility index (Phi) is 11.8. The van der Waals surface area contributed by atoms with Gasteiger partial charge in [0.15, 0.2) is 0 Å². The molecule has 4 N–H and O–H groups in total. The van der Waals surface area contributed by atoms with Gasteiger partial charge in [0, 0.05) is 0 Å². The minimum absolute atomic E-state index is 0.140. The lowest BCUT2D eigenvalue weighted by molar-refractivity contribution is -0.150. The molecule has 0 saturated heterocycles. The number of aliphatic carboxylic acids is 4. The standard InChI is InChI=1S/C27H31N3O8/c1-7-18(29(20(9-3)24(31)32)21(10-4)25(33)34)16-14-13-15-17(28-16)19(8-2)30(22(11-5)26(35)36)23(12-6)27(37)38/h7-15,18-23H,1-6H2,(H,31,32)(H,33,34)(H,35,36)(H,37,38). The molecule has 0 aromatic carbocycles. The van der Waals surface area contributed by atoms with E-state index in [2.05, 4.69) is 44.5 Å². The predicted octanol–water partition coefficient (Wildman–Crippen LogP) is 2.70. The second-order valence-electron chi connectivity index (χ2n) is 7.82. The quantitative estimate of drug-likeness (QED) is 0.208. The Hall–Kier alpha value is -4.61. The van der Waals surface area contributed by atoms with Crippen LogP contribution in [0, 0.1) is 0 Å². The molecule has 202 valence electrons. The molecule has 6 atom stereocenters. The molecule has 0 aliphatic rings. The van der Waals surface area contributed by atoms with E-state index in [-0.39, 0.29) is 11.4 Å². The molecule has 1 rings (SSSR count). The summed E-state index contributed by atoms with van der Waals surface area (Å²) in [7, 11) is 0. The van der Waals surface area contributed by atoms with Gasteiger partial charge in [0.2, 0.25) is 0 Å². The monoisotopic (exact) mass is 525 g/mol. The van der Waals surface area contributed by atoms with Crippen molar-refractivity contribution in [1.29, 1.82) is 0 Å². The topological polar surface area (TPSA) is 169 Å². The SMILES string of the molecule is C=CC(C(=O)O)N(C(C=C)C(=O)O)C(C=C)c1cccc(C(C=C)N(C(C=C)C(=O)O)C(C=C)C(=O)O)n1. The van der Waals surface area contributed by atoms with Gasteiger partial charge in [-0.15, -0.1) is 39.5 Å². The number of aromatic nitrogens is 1. The molecule has 0 spiro atoms. The fourth-order valence-electron chi connectivity index (χ4n) is 4.03. The summed E-state index contributed by atoms with van der Waals surface area (Å²) in [6, 6.07) is -3.64. The zero-order chi connectivity index (χ0) is 29.2. The van der Waals surface area contributed by atoms with E-state index in [1.165, 1.54) is 30.4 Å². The lowest BCUT2D eigenvalue weighted by atomic mass is 10.0. The summed E-state index contributed by atoms with van der Waals surface area (Å²) < 4.78 is 0. The second-order valence-corrected chi connectivity index (χ2v) is 7.82. The Morgan fingerprint density at radius 3 is 1.03 bits per heavy atom. The Morgan fingerprint density at radius 2 is 0.842 bits per heavy atom. The molecule has 0 aliphatic heterocycles. The molecule has 0 radical (unpaired) electrons. The Balaban J connectivity index is 3.87. The van der Waals surface area contributed by atoms with Crippen LogP contribution in [0.1, 0.15) is 23.5 Å². The van der Waals surface area contributed by atoms with E-state index in [1.807, 2.05) is 0 Å². The number of rotatable bonds is 18. The molecule has 1 aromatic heterocycles. The second kappa shape index (κ2) is 14.2. The molecule has 0 fully saturated rings. The molecule has 0 bridgehead atoms. The molecule has 0 aliphatic carbocycles. The lowest BCUT2D eigenvalue weighted by Crippen LogP contribution is -2.51. The van der Waals surface area contributed by atoms with Crippen LogP contribution in [0.5, 0.6) is 0 Å².